The van der Waals surface area contributed by atoms with Crippen molar-refractivity contribution in [2.75, 3.05) is 0 Å². The molecule has 0 N–H and O–H groups in total. The van der Waals surface area contributed by atoms with Gasteiger partial charge in [0.1, 0.15) is 0 Å². The fourth-order valence-electron chi connectivity index (χ4n) is 0.202. The predicted octanol–water partition coefficient (Wildman–Crippen LogP) is -0.216. The molecule has 0 aromatic rings. The van der Waals surface area contributed by atoms with E-state index in [1.54, 1.807) is 0 Å². The maximum atomic E-state index is 9.81. The Labute approximate surface area is 127 Å². The van der Waals surface area contributed by atoms with E-state index in [2.05, 4.69) is 4.74 Å². The maximum Gasteiger partial charge on any atom is 2.00 e. The summed E-state index contributed by atoms with van der Waals surface area (Å²) in [6, 6.07) is 0. The molecule has 0 aromatic heterocycles. The summed E-state index contributed by atoms with van der Waals surface area (Å²) in [5.41, 5.74) is 0. The van der Waals surface area contributed by atoms with E-state index in [0.717, 1.165) is 0 Å². The van der Waals surface area contributed by atoms with Gasteiger partial charge in [0.15, 0.2) is 0 Å². The molecule has 0 bridgehead atoms. The Morgan fingerprint density at radius 1 is 1.22 bits per heavy atom. The number of hydrogen-bond acceptors (Lipinski definition) is 3. The van der Waals surface area contributed by atoms with Crippen molar-refractivity contribution in [1.29, 1.82) is 0 Å². The molecule has 0 aliphatic heterocycles. The van der Waals surface area contributed by atoms with Crippen LogP contribution in [-0.2, 0) is 14.3 Å². The summed E-state index contributed by atoms with van der Waals surface area (Å²) in [7, 11) is 0. The average Bonchev–Trinajstić information content (AvgIpc) is 1.27. The predicted molar refractivity (Wildman–Crippen MR) is 38.4 cm³/mol. The zero-order valence-electron chi connectivity index (χ0n) is 9.64. The molecule has 3 nitrogen and oxygen atoms in total. The smallest absolute Gasteiger partial charge is 1.00 e. The molecule has 0 unspecified atom stereocenters. The normalized spacial score (nSPS) is 6.00. The van der Waals surface area contributed by atoms with Crippen molar-refractivity contribution in [3.8, 4) is 0 Å². The van der Waals surface area contributed by atoms with Crippen molar-refractivity contribution in [3.63, 3.8) is 0 Å². The second-order valence-electron chi connectivity index (χ2n) is 1.09. The minimum atomic E-state index is -0.562. The molecule has 0 atom stereocenters. The second kappa shape index (κ2) is 9.88. The molecular formula is C4H10CaO3Sr. The second-order valence-corrected chi connectivity index (χ2v) is 1.09. The Morgan fingerprint density at radius 3 is 1.44 bits per heavy atom. The average molecular weight is 234 g/mol. The first-order chi connectivity index (χ1) is 3.13. The molecule has 0 aromatic carbocycles. The molecule has 0 aliphatic rings. The Bertz CT molecular complexity index is 104. The number of carbonyl (C=O) groups is 2. The van der Waals surface area contributed by atoms with Gasteiger partial charge in [0.2, 0.25) is 0 Å². The third kappa shape index (κ3) is 17.7. The number of ether oxygens (including phenoxy) is 1. The minimum Gasteiger partial charge on any atom is -1.00 e. The molecule has 0 fully saturated rings. The van der Waals surface area contributed by atoms with Crippen molar-refractivity contribution < 1.29 is 20.0 Å². The van der Waals surface area contributed by atoms with E-state index in [1.807, 2.05) is 0 Å². The van der Waals surface area contributed by atoms with Crippen LogP contribution in [-0.4, -0.2) is 95.2 Å². The van der Waals surface area contributed by atoms with Gasteiger partial charge in [0.05, 0.1) is 0 Å². The molecule has 0 rings (SSSR count). The first kappa shape index (κ1) is 17.1. The van der Waals surface area contributed by atoms with Gasteiger partial charge in [-0.1, -0.05) is 0 Å². The summed E-state index contributed by atoms with van der Waals surface area (Å²) in [5, 5.41) is 0. The van der Waals surface area contributed by atoms with Gasteiger partial charge in [0, 0.05) is 13.8 Å². The molecular weight excluding hydrogens is 224 g/mol. The topological polar surface area (TPSA) is 43.4 Å². The standard InChI is InChI=1S/C4H6O3.Ca.Sr.4H/c1-3(5)7-4(2)6;;;;;;/h1-2H3;;;;;;/q;2*+2;4*-1. The van der Waals surface area contributed by atoms with Crippen molar-refractivity contribution in [2.24, 2.45) is 0 Å². The van der Waals surface area contributed by atoms with Crippen molar-refractivity contribution >= 4 is 95.2 Å². The van der Waals surface area contributed by atoms with Gasteiger partial charge < -0.3 is 10.4 Å². The van der Waals surface area contributed by atoms with Crippen LogP contribution in [0.5, 0.6) is 0 Å². The van der Waals surface area contributed by atoms with E-state index >= 15 is 0 Å². The van der Waals surface area contributed by atoms with Crippen molar-refractivity contribution in [1.82, 2.24) is 0 Å². The number of rotatable bonds is 0. The first-order valence-corrected chi connectivity index (χ1v) is 1.82. The first-order valence-electron chi connectivity index (χ1n) is 1.82. The summed E-state index contributed by atoms with van der Waals surface area (Å²) in [4.78, 5) is 19.6. The summed E-state index contributed by atoms with van der Waals surface area (Å²) in [6.45, 7) is 2.36. The number of esters is 2. The summed E-state index contributed by atoms with van der Waals surface area (Å²) >= 11 is 0. The third-order valence-electron chi connectivity index (χ3n) is 0.287. The van der Waals surface area contributed by atoms with Gasteiger partial charge in [-0.25, -0.2) is 0 Å². The largest absolute Gasteiger partial charge is 2.00 e. The molecule has 0 radical (unpaired) electrons. The molecule has 0 spiro atoms. The van der Waals surface area contributed by atoms with Gasteiger partial charge in [-0.2, -0.15) is 0 Å². The van der Waals surface area contributed by atoms with Crippen LogP contribution in [0.15, 0.2) is 0 Å². The SMILES string of the molecule is CC(=O)OC(C)=O.[Ca+2].[H-].[H-].[H-].[H-].[Sr+2]. The van der Waals surface area contributed by atoms with Crippen LogP contribution >= 0.6 is 0 Å². The van der Waals surface area contributed by atoms with Crippen LogP contribution in [0.25, 0.3) is 0 Å². The van der Waals surface area contributed by atoms with Crippen molar-refractivity contribution in [3.05, 3.63) is 0 Å². The Kier molecular flexibility index (Phi) is 18.8. The van der Waals surface area contributed by atoms with Crippen LogP contribution in [0, 0.1) is 0 Å². The van der Waals surface area contributed by atoms with E-state index < -0.39 is 11.9 Å². The third-order valence-corrected chi connectivity index (χ3v) is 0.287. The molecule has 0 saturated carbocycles. The van der Waals surface area contributed by atoms with Gasteiger partial charge >= 0.3 is 95.2 Å². The fourth-order valence-corrected chi connectivity index (χ4v) is 0.202. The summed E-state index contributed by atoms with van der Waals surface area (Å²) in [5.74, 6) is -1.12. The molecule has 0 aliphatic carbocycles. The Hall–Kier alpha value is 1.88. The van der Waals surface area contributed by atoms with Crippen LogP contribution in [0.1, 0.15) is 19.6 Å². The van der Waals surface area contributed by atoms with E-state index in [4.69, 9.17) is 0 Å². The molecule has 0 amide bonds. The molecule has 0 saturated heterocycles. The monoisotopic (exact) mass is 234 g/mol. The summed E-state index contributed by atoms with van der Waals surface area (Å²) < 4.78 is 3.97. The van der Waals surface area contributed by atoms with E-state index in [9.17, 15) is 9.59 Å². The number of hydrogen-bond donors (Lipinski definition) is 0. The Balaban J connectivity index is -0.0000000120. The zero-order chi connectivity index (χ0) is 5.86. The van der Waals surface area contributed by atoms with Crippen molar-refractivity contribution in [2.45, 2.75) is 13.8 Å². The van der Waals surface area contributed by atoms with Gasteiger partial charge in [-0.15, -0.1) is 0 Å². The Morgan fingerprint density at radius 2 is 1.44 bits per heavy atom. The quantitative estimate of drug-likeness (QED) is 0.330. The zero-order valence-corrected chi connectivity index (χ0v) is 11.3. The fraction of sp³-hybridized carbons (Fsp3) is 0.500. The van der Waals surface area contributed by atoms with Crippen LogP contribution in [0.4, 0.5) is 0 Å². The van der Waals surface area contributed by atoms with Gasteiger partial charge in [0.25, 0.3) is 0 Å². The van der Waals surface area contributed by atoms with E-state index in [-0.39, 0.29) is 88.9 Å². The molecule has 5 heteroatoms. The van der Waals surface area contributed by atoms with E-state index in [0.29, 0.717) is 0 Å². The van der Waals surface area contributed by atoms with Crippen LogP contribution in [0.2, 0.25) is 0 Å². The summed E-state index contributed by atoms with van der Waals surface area (Å²) in [6.07, 6.45) is 0. The van der Waals surface area contributed by atoms with Crippen LogP contribution < -0.4 is 0 Å². The molecule has 0 heterocycles. The van der Waals surface area contributed by atoms with Gasteiger partial charge in [-0.05, 0) is 0 Å². The van der Waals surface area contributed by atoms with E-state index in [1.165, 1.54) is 13.8 Å². The molecule has 48 valence electrons. The minimum absolute atomic E-state index is 0. The van der Waals surface area contributed by atoms with Crippen LogP contribution in [0.3, 0.4) is 0 Å². The molecule has 9 heavy (non-hydrogen) atoms. The van der Waals surface area contributed by atoms with Gasteiger partial charge in [-0.3, -0.25) is 9.59 Å². The number of carbonyl (C=O) groups excluding carboxylic acids is 2. The maximum absolute atomic E-state index is 9.81.